The van der Waals surface area contributed by atoms with Gasteiger partial charge in [-0.1, -0.05) is 43.8 Å². The largest absolute Gasteiger partial charge is 0.325 e. The second-order valence-electron chi connectivity index (χ2n) is 5.78. The maximum Gasteiger partial charge on any atom is 0.234 e. The standard InChI is InChI=1S/C18H19N5OS/c1-12(2)14-5-3-4-6-15(14)20-16(24)11-25-18-21-17(22-23-18)13-7-9-19-10-8-13/h3-10,12H,11H2,1-2H3,(H,20,24)(H,21,22,23). The Morgan fingerprint density at radius 1 is 1.20 bits per heavy atom. The van der Waals surface area contributed by atoms with Crippen LogP contribution in [0.1, 0.15) is 25.3 Å². The van der Waals surface area contributed by atoms with Gasteiger partial charge in [-0.15, -0.1) is 5.10 Å². The summed E-state index contributed by atoms with van der Waals surface area (Å²) in [6, 6.07) is 11.6. The van der Waals surface area contributed by atoms with Gasteiger partial charge in [0.2, 0.25) is 11.1 Å². The van der Waals surface area contributed by atoms with Gasteiger partial charge in [-0.3, -0.25) is 14.9 Å². The lowest BCUT2D eigenvalue weighted by Crippen LogP contribution is -2.15. The number of carbonyl (C=O) groups excluding carboxylic acids is 1. The smallest absolute Gasteiger partial charge is 0.234 e. The van der Waals surface area contributed by atoms with Crippen molar-refractivity contribution < 1.29 is 4.79 Å². The van der Waals surface area contributed by atoms with Crippen LogP contribution in [0.15, 0.2) is 53.9 Å². The summed E-state index contributed by atoms with van der Waals surface area (Å²) in [6.07, 6.45) is 3.40. The molecular formula is C18H19N5OS. The van der Waals surface area contributed by atoms with Crippen LogP contribution in [0.5, 0.6) is 0 Å². The van der Waals surface area contributed by atoms with Gasteiger partial charge in [-0.2, -0.15) is 0 Å². The van der Waals surface area contributed by atoms with Gasteiger partial charge < -0.3 is 5.32 Å². The average Bonchev–Trinajstić information content (AvgIpc) is 3.10. The van der Waals surface area contributed by atoms with E-state index in [1.54, 1.807) is 12.4 Å². The molecular weight excluding hydrogens is 334 g/mol. The number of H-pyrrole nitrogens is 1. The molecule has 0 saturated carbocycles. The van der Waals surface area contributed by atoms with Gasteiger partial charge in [0.1, 0.15) is 0 Å². The summed E-state index contributed by atoms with van der Waals surface area (Å²) >= 11 is 1.30. The molecule has 1 amide bonds. The van der Waals surface area contributed by atoms with Crippen LogP contribution in [-0.2, 0) is 4.79 Å². The fourth-order valence-electron chi connectivity index (χ4n) is 2.38. The molecule has 0 aliphatic rings. The van der Waals surface area contributed by atoms with Gasteiger partial charge in [-0.05, 0) is 29.7 Å². The fraction of sp³-hybridized carbons (Fsp3) is 0.222. The van der Waals surface area contributed by atoms with E-state index in [1.807, 2.05) is 36.4 Å². The van der Waals surface area contributed by atoms with Crippen LogP contribution in [0.3, 0.4) is 0 Å². The zero-order chi connectivity index (χ0) is 17.6. The number of anilines is 1. The number of carbonyl (C=O) groups is 1. The van der Waals surface area contributed by atoms with Gasteiger partial charge in [0, 0.05) is 23.6 Å². The molecule has 0 aliphatic heterocycles. The van der Waals surface area contributed by atoms with Gasteiger partial charge in [0.15, 0.2) is 5.82 Å². The number of nitrogens with zero attached hydrogens (tertiary/aromatic N) is 3. The van der Waals surface area contributed by atoms with E-state index in [4.69, 9.17) is 0 Å². The molecule has 2 aromatic heterocycles. The van der Waals surface area contributed by atoms with Crippen LogP contribution >= 0.6 is 11.8 Å². The second kappa shape index (κ2) is 7.94. The Labute approximate surface area is 150 Å². The Morgan fingerprint density at radius 3 is 2.72 bits per heavy atom. The minimum atomic E-state index is -0.0756. The van der Waals surface area contributed by atoms with Gasteiger partial charge in [-0.25, -0.2) is 4.98 Å². The summed E-state index contributed by atoms with van der Waals surface area (Å²) in [6.45, 7) is 4.21. The lowest BCUT2D eigenvalue weighted by atomic mass is 10.0. The normalized spacial score (nSPS) is 10.8. The van der Waals surface area contributed by atoms with Crippen LogP contribution in [0.4, 0.5) is 5.69 Å². The molecule has 3 aromatic rings. The zero-order valence-corrected chi connectivity index (χ0v) is 14.9. The molecule has 0 bridgehead atoms. The van der Waals surface area contributed by atoms with E-state index in [1.165, 1.54) is 11.8 Å². The third-order valence-electron chi connectivity index (χ3n) is 3.61. The van der Waals surface area contributed by atoms with Gasteiger partial charge in [0.05, 0.1) is 5.75 Å². The number of aromatic nitrogens is 4. The molecule has 128 valence electrons. The third kappa shape index (κ3) is 4.45. The van der Waals surface area contributed by atoms with Gasteiger partial charge in [0.25, 0.3) is 0 Å². The fourth-order valence-corrected chi connectivity index (χ4v) is 2.98. The number of aromatic amines is 1. The van der Waals surface area contributed by atoms with E-state index in [-0.39, 0.29) is 11.7 Å². The highest BCUT2D eigenvalue weighted by Crippen LogP contribution is 2.24. The molecule has 7 heteroatoms. The number of nitrogens with one attached hydrogen (secondary N) is 2. The van der Waals surface area contributed by atoms with Crippen LogP contribution in [0, 0.1) is 0 Å². The van der Waals surface area contributed by atoms with Crippen LogP contribution in [0.25, 0.3) is 11.4 Å². The van der Waals surface area contributed by atoms with Crippen molar-refractivity contribution in [1.29, 1.82) is 0 Å². The maximum absolute atomic E-state index is 12.2. The first kappa shape index (κ1) is 17.2. The van der Waals surface area contributed by atoms with Crippen molar-refractivity contribution in [2.75, 3.05) is 11.1 Å². The number of rotatable bonds is 6. The summed E-state index contributed by atoms with van der Waals surface area (Å²) in [7, 11) is 0. The molecule has 2 N–H and O–H groups in total. The first-order valence-electron chi connectivity index (χ1n) is 7.98. The summed E-state index contributed by atoms with van der Waals surface area (Å²) in [5.41, 5.74) is 2.89. The highest BCUT2D eigenvalue weighted by atomic mass is 32.2. The lowest BCUT2D eigenvalue weighted by molar-refractivity contribution is -0.113. The lowest BCUT2D eigenvalue weighted by Gasteiger charge is -2.13. The van der Waals surface area contributed by atoms with Crippen molar-refractivity contribution in [3.8, 4) is 11.4 Å². The number of hydrogen-bond acceptors (Lipinski definition) is 5. The Morgan fingerprint density at radius 2 is 1.96 bits per heavy atom. The monoisotopic (exact) mass is 353 g/mol. The summed E-state index contributed by atoms with van der Waals surface area (Å²) in [5, 5.41) is 10.5. The van der Waals surface area contributed by atoms with Crippen molar-refractivity contribution >= 4 is 23.4 Å². The van der Waals surface area contributed by atoms with Crippen molar-refractivity contribution in [3.05, 3.63) is 54.4 Å². The first-order valence-corrected chi connectivity index (χ1v) is 8.96. The third-order valence-corrected chi connectivity index (χ3v) is 4.46. The molecule has 0 radical (unpaired) electrons. The average molecular weight is 353 g/mol. The van der Waals surface area contributed by atoms with Crippen LogP contribution in [-0.4, -0.2) is 31.8 Å². The van der Waals surface area contributed by atoms with Crippen molar-refractivity contribution in [2.45, 2.75) is 24.9 Å². The molecule has 0 atom stereocenters. The van der Waals surface area contributed by atoms with Crippen molar-refractivity contribution in [2.24, 2.45) is 0 Å². The number of amides is 1. The number of para-hydroxylation sites is 1. The highest BCUT2D eigenvalue weighted by molar-refractivity contribution is 7.99. The van der Waals surface area contributed by atoms with Crippen LogP contribution in [0.2, 0.25) is 0 Å². The molecule has 0 spiro atoms. The molecule has 0 aliphatic carbocycles. The minimum Gasteiger partial charge on any atom is -0.325 e. The Balaban J connectivity index is 1.59. The maximum atomic E-state index is 12.2. The zero-order valence-electron chi connectivity index (χ0n) is 14.1. The first-order chi connectivity index (χ1) is 12.1. The second-order valence-corrected chi connectivity index (χ2v) is 6.72. The number of thioether (sulfide) groups is 1. The SMILES string of the molecule is CC(C)c1ccccc1NC(=O)CSc1n[nH]c(-c2ccncc2)n1. The van der Waals surface area contributed by atoms with E-state index in [0.717, 1.165) is 16.8 Å². The molecule has 2 heterocycles. The highest BCUT2D eigenvalue weighted by Gasteiger charge is 2.11. The quantitative estimate of drug-likeness (QED) is 0.660. The van der Waals surface area contributed by atoms with E-state index < -0.39 is 0 Å². The van der Waals surface area contributed by atoms with Gasteiger partial charge >= 0.3 is 0 Å². The number of hydrogen-bond donors (Lipinski definition) is 2. The van der Waals surface area contributed by atoms with E-state index in [0.29, 0.717) is 16.9 Å². The molecule has 25 heavy (non-hydrogen) atoms. The number of benzene rings is 1. The summed E-state index contributed by atoms with van der Waals surface area (Å²) in [4.78, 5) is 20.6. The minimum absolute atomic E-state index is 0.0756. The Hall–Kier alpha value is -2.67. The van der Waals surface area contributed by atoms with E-state index >= 15 is 0 Å². The molecule has 6 nitrogen and oxygen atoms in total. The molecule has 3 rings (SSSR count). The van der Waals surface area contributed by atoms with E-state index in [9.17, 15) is 4.79 Å². The predicted molar refractivity (Wildman–Crippen MR) is 99.5 cm³/mol. The predicted octanol–water partition coefficient (Wildman–Crippen LogP) is 3.72. The molecule has 0 fully saturated rings. The Bertz CT molecular complexity index is 847. The van der Waals surface area contributed by atoms with Crippen LogP contribution < -0.4 is 5.32 Å². The van der Waals surface area contributed by atoms with E-state index in [2.05, 4.69) is 39.3 Å². The number of pyridine rings is 1. The van der Waals surface area contributed by atoms with Crippen molar-refractivity contribution in [1.82, 2.24) is 20.2 Å². The molecule has 0 saturated heterocycles. The van der Waals surface area contributed by atoms with Crippen molar-refractivity contribution in [3.63, 3.8) is 0 Å². The Kier molecular flexibility index (Phi) is 5.45. The molecule has 0 unspecified atom stereocenters. The topological polar surface area (TPSA) is 83.6 Å². The molecule has 1 aromatic carbocycles. The summed E-state index contributed by atoms with van der Waals surface area (Å²) in [5.74, 6) is 1.18. The summed E-state index contributed by atoms with van der Waals surface area (Å²) < 4.78 is 0.